The molecule has 0 bridgehead atoms. The maximum absolute atomic E-state index is 12.9. The highest BCUT2D eigenvalue weighted by Crippen LogP contribution is 2.25. The third kappa shape index (κ3) is 32.0. The Morgan fingerprint density at radius 2 is 0.783 bits per heavy atom. The van der Waals surface area contributed by atoms with Crippen molar-refractivity contribution < 1.29 is 52.8 Å². The van der Waals surface area contributed by atoms with Crippen LogP contribution in [-0.4, -0.2) is 98.6 Å². The lowest BCUT2D eigenvalue weighted by Gasteiger charge is -2.37. The van der Waals surface area contributed by atoms with Crippen molar-refractivity contribution in [3.63, 3.8) is 0 Å². The Labute approximate surface area is 364 Å². The Hall–Kier alpha value is -2.73. The van der Waals surface area contributed by atoms with E-state index in [2.05, 4.69) is 25.7 Å². The molecule has 0 heterocycles. The molecule has 0 radical (unpaired) electrons. The summed E-state index contributed by atoms with van der Waals surface area (Å²) < 4.78 is 27.9. The van der Waals surface area contributed by atoms with Crippen LogP contribution in [0.15, 0.2) is 0 Å². The monoisotopic (exact) mass is 854 g/mol. The van der Waals surface area contributed by atoms with Crippen LogP contribution < -0.4 is 0 Å². The van der Waals surface area contributed by atoms with Gasteiger partial charge in [-0.05, 0) is 64.3 Å². The van der Waals surface area contributed by atoms with E-state index in [-0.39, 0.29) is 82.3 Å². The second-order valence-electron chi connectivity index (χ2n) is 17.0. The number of ether oxygens (including phenoxy) is 5. The zero-order chi connectivity index (χ0) is 43.9. The Bertz CT molecular complexity index is 1070. The van der Waals surface area contributed by atoms with E-state index in [4.69, 9.17) is 23.7 Å². The molecule has 1 aliphatic carbocycles. The van der Waals surface area contributed by atoms with Crippen molar-refractivity contribution in [1.82, 2.24) is 4.90 Å². The number of nitrogens with zero attached hydrogens (tertiary/aromatic N) is 1. The van der Waals surface area contributed by atoms with E-state index in [1.165, 1.54) is 25.7 Å². The first-order chi connectivity index (χ1) is 29.2. The SMILES string of the molecule is CCCCCCCCC(=O)OCC(COC(=O)CCCCCN(CCO)C1CCC1)COC(=O)CCCC(COC(=O)CCCCCCC)COC(=O)CCCCCCC. The van der Waals surface area contributed by atoms with Crippen LogP contribution in [0, 0.1) is 11.8 Å². The summed E-state index contributed by atoms with van der Waals surface area (Å²) in [7, 11) is 0. The zero-order valence-corrected chi connectivity index (χ0v) is 38.4. The fourth-order valence-electron chi connectivity index (χ4n) is 7.22. The van der Waals surface area contributed by atoms with Crippen LogP contribution in [0.4, 0.5) is 0 Å². The second kappa shape index (κ2) is 39.1. The van der Waals surface area contributed by atoms with E-state index in [1.54, 1.807) is 0 Å². The van der Waals surface area contributed by atoms with E-state index in [1.807, 2.05) is 0 Å². The third-order valence-corrected chi connectivity index (χ3v) is 11.4. The Morgan fingerprint density at radius 1 is 0.450 bits per heavy atom. The highest BCUT2D eigenvalue weighted by molar-refractivity contribution is 5.71. The van der Waals surface area contributed by atoms with Gasteiger partial charge in [0.1, 0.15) is 19.8 Å². The predicted molar refractivity (Wildman–Crippen MR) is 235 cm³/mol. The molecule has 0 saturated heterocycles. The van der Waals surface area contributed by atoms with Crippen LogP contribution >= 0.6 is 0 Å². The van der Waals surface area contributed by atoms with Gasteiger partial charge in [0, 0.05) is 50.6 Å². The van der Waals surface area contributed by atoms with Crippen molar-refractivity contribution in [2.45, 2.75) is 213 Å². The molecule has 0 aromatic carbocycles. The minimum Gasteiger partial charge on any atom is -0.465 e. The number of aliphatic hydroxyl groups excluding tert-OH is 1. The number of carbonyl (C=O) groups excluding carboxylic acids is 5. The first-order valence-corrected chi connectivity index (χ1v) is 24.3. The molecule has 350 valence electrons. The summed E-state index contributed by atoms with van der Waals surface area (Å²) in [6.07, 6.45) is 25.1. The molecule has 12 nitrogen and oxygen atoms in total. The van der Waals surface area contributed by atoms with Crippen LogP contribution in [0.2, 0.25) is 0 Å². The van der Waals surface area contributed by atoms with Gasteiger partial charge >= 0.3 is 29.8 Å². The van der Waals surface area contributed by atoms with Crippen LogP contribution in [0.3, 0.4) is 0 Å². The number of carbonyl (C=O) groups is 5. The highest BCUT2D eigenvalue weighted by Gasteiger charge is 2.24. The summed E-state index contributed by atoms with van der Waals surface area (Å²) in [5.74, 6) is -2.36. The molecule has 1 fully saturated rings. The molecule has 1 atom stereocenters. The number of hydrogen-bond acceptors (Lipinski definition) is 12. The lowest BCUT2D eigenvalue weighted by atomic mass is 9.91. The van der Waals surface area contributed by atoms with Gasteiger partial charge in [-0.15, -0.1) is 0 Å². The van der Waals surface area contributed by atoms with Gasteiger partial charge in [-0.3, -0.25) is 28.9 Å². The Balaban J connectivity index is 2.62. The van der Waals surface area contributed by atoms with E-state index in [0.717, 1.165) is 116 Å². The fourth-order valence-corrected chi connectivity index (χ4v) is 7.22. The van der Waals surface area contributed by atoms with Gasteiger partial charge in [-0.25, -0.2) is 0 Å². The number of rotatable bonds is 42. The molecule has 1 N–H and O–H groups in total. The van der Waals surface area contributed by atoms with Gasteiger partial charge in [0.2, 0.25) is 0 Å². The summed E-state index contributed by atoms with van der Waals surface area (Å²) in [4.78, 5) is 65.3. The van der Waals surface area contributed by atoms with Crippen LogP contribution in [0.1, 0.15) is 207 Å². The van der Waals surface area contributed by atoms with Gasteiger partial charge in [0.05, 0.1) is 25.7 Å². The molecular weight excluding hydrogens is 767 g/mol. The van der Waals surface area contributed by atoms with E-state index in [9.17, 15) is 29.1 Å². The molecule has 1 rings (SSSR count). The van der Waals surface area contributed by atoms with Gasteiger partial charge in [0.25, 0.3) is 0 Å². The first kappa shape index (κ1) is 55.3. The lowest BCUT2D eigenvalue weighted by Crippen LogP contribution is -2.42. The number of esters is 5. The average Bonchev–Trinajstić information content (AvgIpc) is 3.21. The average molecular weight is 854 g/mol. The largest absolute Gasteiger partial charge is 0.465 e. The summed E-state index contributed by atoms with van der Waals surface area (Å²) in [6, 6.07) is 0.571. The molecular formula is C48H87NO11. The molecule has 12 heteroatoms. The second-order valence-corrected chi connectivity index (χ2v) is 17.0. The molecule has 60 heavy (non-hydrogen) atoms. The van der Waals surface area contributed by atoms with Crippen molar-refractivity contribution in [2.75, 3.05) is 52.7 Å². The molecule has 0 aliphatic heterocycles. The third-order valence-electron chi connectivity index (χ3n) is 11.4. The molecule has 1 saturated carbocycles. The van der Waals surface area contributed by atoms with E-state index < -0.39 is 11.9 Å². The van der Waals surface area contributed by atoms with E-state index >= 15 is 0 Å². The summed E-state index contributed by atoms with van der Waals surface area (Å²) in [5.41, 5.74) is 0. The van der Waals surface area contributed by atoms with Gasteiger partial charge in [0.15, 0.2) is 0 Å². The van der Waals surface area contributed by atoms with Crippen molar-refractivity contribution in [1.29, 1.82) is 0 Å². The lowest BCUT2D eigenvalue weighted by molar-refractivity contribution is -0.155. The van der Waals surface area contributed by atoms with Gasteiger partial charge in [-0.2, -0.15) is 0 Å². The Kier molecular flexibility index (Phi) is 36.1. The van der Waals surface area contributed by atoms with Crippen molar-refractivity contribution >= 4 is 29.8 Å². The van der Waals surface area contributed by atoms with Crippen molar-refractivity contribution in [2.24, 2.45) is 11.8 Å². The maximum atomic E-state index is 12.9. The molecule has 0 spiro atoms. The standard InChI is InChI=1S/C48H87NO11/c1-4-7-10-13-16-20-30-46(53)58-38-42(39-59-47(54)31-21-17-22-33-49(34-35-50)43-26-24-27-43)40-60-48(55)32-23-25-41(36-56-44(51)28-18-14-11-8-5-2)37-57-45(52)29-19-15-12-9-6-3/h41-43,50H,4-40H2,1-3H3. The fraction of sp³-hybridized carbons (Fsp3) is 0.896. The van der Waals surface area contributed by atoms with E-state index in [0.29, 0.717) is 51.1 Å². The topological polar surface area (TPSA) is 155 Å². The predicted octanol–water partition coefficient (Wildman–Crippen LogP) is 9.98. The van der Waals surface area contributed by atoms with Crippen LogP contribution in [-0.2, 0) is 47.7 Å². The maximum Gasteiger partial charge on any atom is 0.305 e. The summed E-state index contributed by atoms with van der Waals surface area (Å²) in [5, 5.41) is 9.41. The van der Waals surface area contributed by atoms with Gasteiger partial charge < -0.3 is 28.8 Å². The summed E-state index contributed by atoms with van der Waals surface area (Å²) >= 11 is 0. The molecule has 0 aromatic heterocycles. The van der Waals surface area contributed by atoms with Crippen LogP contribution in [0.5, 0.6) is 0 Å². The molecule has 1 aliphatic rings. The molecule has 0 amide bonds. The molecule has 0 aromatic rings. The minimum absolute atomic E-state index is 0.0207. The van der Waals surface area contributed by atoms with Gasteiger partial charge in [-0.1, -0.05) is 117 Å². The highest BCUT2D eigenvalue weighted by atomic mass is 16.6. The minimum atomic E-state index is -0.503. The smallest absolute Gasteiger partial charge is 0.305 e. The normalized spacial score (nSPS) is 13.2. The van der Waals surface area contributed by atoms with Crippen molar-refractivity contribution in [3.05, 3.63) is 0 Å². The van der Waals surface area contributed by atoms with Crippen molar-refractivity contribution in [3.8, 4) is 0 Å². The first-order valence-electron chi connectivity index (χ1n) is 24.3. The number of hydrogen-bond donors (Lipinski definition) is 1. The quantitative estimate of drug-likeness (QED) is 0.0353. The molecule has 1 unspecified atom stereocenters. The summed E-state index contributed by atoms with van der Waals surface area (Å²) in [6.45, 7) is 8.35. The Morgan fingerprint density at radius 3 is 1.13 bits per heavy atom. The number of unbranched alkanes of at least 4 members (excludes halogenated alkanes) is 15. The number of aliphatic hydroxyl groups is 1. The van der Waals surface area contributed by atoms with Crippen LogP contribution in [0.25, 0.3) is 0 Å². The zero-order valence-electron chi connectivity index (χ0n) is 38.4.